The van der Waals surface area contributed by atoms with Gasteiger partial charge in [-0.05, 0) is 45.7 Å². The Kier molecular flexibility index (Phi) is 4.91. The molecule has 2 aliphatic heterocycles. The number of aromatic nitrogens is 1. The van der Waals surface area contributed by atoms with E-state index in [0.717, 1.165) is 48.1 Å². The van der Waals surface area contributed by atoms with Crippen LogP contribution in [0.4, 0.5) is 0 Å². The van der Waals surface area contributed by atoms with Gasteiger partial charge in [0.1, 0.15) is 9.88 Å². The molecule has 5 heteroatoms. The largest absolute Gasteiger partial charge is 0.338 e. The number of nitrogens with zero attached hydrogens (tertiary/aromatic N) is 3. The summed E-state index contributed by atoms with van der Waals surface area (Å²) in [6.07, 6.45) is 7.39. The Bertz CT molecular complexity index is 486. The molecule has 3 heterocycles. The molecule has 0 spiro atoms. The van der Waals surface area contributed by atoms with Gasteiger partial charge < -0.3 is 4.90 Å². The second-order valence-corrected chi connectivity index (χ2v) is 7.30. The van der Waals surface area contributed by atoms with Crippen molar-refractivity contribution in [3.8, 4) is 0 Å². The van der Waals surface area contributed by atoms with E-state index in [9.17, 15) is 4.79 Å². The molecule has 21 heavy (non-hydrogen) atoms. The van der Waals surface area contributed by atoms with Gasteiger partial charge in [0.05, 0.1) is 12.2 Å². The highest BCUT2D eigenvalue weighted by molar-refractivity contribution is 7.13. The molecule has 1 aromatic heterocycles. The maximum atomic E-state index is 12.7. The topological polar surface area (TPSA) is 36.4 Å². The molecule has 0 saturated carbocycles. The summed E-state index contributed by atoms with van der Waals surface area (Å²) in [4.78, 5) is 22.7. The van der Waals surface area contributed by atoms with Crippen LogP contribution in [0.25, 0.3) is 0 Å². The van der Waals surface area contributed by atoms with E-state index in [1.54, 1.807) is 11.3 Å². The van der Waals surface area contributed by atoms with E-state index < -0.39 is 0 Å². The molecule has 0 N–H and O–H groups in total. The van der Waals surface area contributed by atoms with Crippen molar-refractivity contribution in [3.05, 3.63) is 15.6 Å². The first-order valence-electron chi connectivity index (χ1n) is 8.22. The summed E-state index contributed by atoms with van der Waals surface area (Å²) in [5, 5.41) is 1.10. The zero-order valence-electron chi connectivity index (χ0n) is 12.9. The van der Waals surface area contributed by atoms with Gasteiger partial charge in [-0.2, -0.15) is 0 Å². The number of aryl methyl sites for hydroxylation is 1. The van der Waals surface area contributed by atoms with Crippen molar-refractivity contribution in [1.29, 1.82) is 0 Å². The molecular formula is C16H25N3OS. The Morgan fingerprint density at radius 3 is 2.33 bits per heavy atom. The van der Waals surface area contributed by atoms with Crippen LogP contribution in [0.5, 0.6) is 0 Å². The Hall–Kier alpha value is -0.940. The van der Waals surface area contributed by atoms with Gasteiger partial charge in [0, 0.05) is 13.1 Å². The molecule has 3 rings (SSSR count). The lowest BCUT2D eigenvalue weighted by atomic mass is 10.2. The van der Waals surface area contributed by atoms with Crippen molar-refractivity contribution in [2.75, 3.05) is 26.2 Å². The normalized spacial score (nSPS) is 20.7. The number of amides is 1. The summed E-state index contributed by atoms with van der Waals surface area (Å²) in [6.45, 7) is 7.07. The van der Waals surface area contributed by atoms with Gasteiger partial charge >= 0.3 is 0 Å². The minimum absolute atomic E-state index is 0.208. The Morgan fingerprint density at radius 1 is 1.05 bits per heavy atom. The quantitative estimate of drug-likeness (QED) is 0.861. The summed E-state index contributed by atoms with van der Waals surface area (Å²) in [7, 11) is 0. The monoisotopic (exact) mass is 307 g/mol. The molecule has 4 nitrogen and oxygen atoms in total. The third kappa shape index (κ3) is 3.64. The van der Waals surface area contributed by atoms with Crippen molar-refractivity contribution < 1.29 is 4.79 Å². The van der Waals surface area contributed by atoms with Crippen LogP contribution in [-0.4, -0.2) is 46.9 Å². The summed E-state index contributed by atoms with van der Waals surface area (Å²) in [6, 6.07) is 0. The Labute approximate surface area is 131 Å². The maximum Gasteiger partial charge on any atom is 0.265 e. The molecule has 2 fully saturated rings. The van der Waals surface area contributed by atoms with Gasteiger partial charge in [-0.1, -0.05) is 12.8 Å². The van der Waals surface area contributed by atoms with Crippen LogP contribution in [0, 0.1) is 6.92 Å². The fourth-order valence-electron chi connectivity index (χ4n) is 3.27. The van der Waals surface area contributed by atoms with E-state index in [2.05, 4.69) is 9.88 Å². The molecular weight excluding hydrogens is 282 g/mol. The fraction of sp³-hybridized carbons (Fsp3) is 0.750. The van der Waals surface area contributed by atoms with E-state index in [-0.39, 0.29) is 5.91 Å². The highest BCUT2D eigenvalue weighted by atomic mass is 32.1. The minimum atomic E-state index is 0.208. The fourth-order valence-corrected chi connectivity index (χ4v) is 4.34. The molecule has 2 saturated heterocycles. The first kappa shape index (κ1) is 15.0. The van der Waals surface area contributed by atoms with Crippen LogP contribution in [0.3, 0.4) is 0 Å². The van der Waals surface area contributed by atoms with Gasteiger partial charge in [0.2, 0.25) is 0 Å². The third-order valence-electron chi connectivity index (χ3n) is 4.49. The van der Waals surface area contributed by atoms with Crippen LogP contribution in [0.1, 0.15) is 58.9 Å². The number of rotatable bonds is 3. The molecule has 0 aromatic carbocycles. The molecule has 116 valence electrons. The van der Waals surface area contributed by atoms with Gasteiger partial charge in [-0.3, -0.25) is 9.69 Å². The van der Waals surface area contributed by atoms with E-state index >= 15 is 0 Å². The minimum Gasteiger partial charge on any atom is -0.338 e. The number of hydrogen-bond acceptors (Lipinski definition) is 4. The molecule has 2 aliphatic rings. The number of carbonyl (C=O) groups excluding carboxylic acids is 1. The first-order valence-corrected chi connectivity index (χ1v) is 9.03. The predicted molar refractivity (Wildman–Crippen MR) is 85.7 cm³/mol. The lowest BCUT2D eigenvalue weighted by Gasteiger charge is -2.19. The molecule has 1 amide bonds. The lowest BCUT2D eigenvalue weighted by Crippen LogP contribution is -2.31. The van der Waals surface area contributed by atoms with Crippen molar-refractivity contribution in [2.45, 2.75) is 52.0 Å². The molecule has 0 radical (unpaired) electrons. The summed E-state index contributed by atoms with van der Waals surface area (Å²) in [5.74, 6) is 0.208. The van der Waals surface area contributed by atoms with Crippen LogP contribution in [0.15, 0.2) is 0 Å². The smallest absolute Gasteiger partial charge is 0.265 e. The second-order valence-electron chi connectivity index (χ2n) is 6.21. The van der Waals surface area contributed by atoms with Crippen LogP contribution >= 0.6 is 11.3 Å². The van der Waals surface area contributed by atoms with Crippen LogP contribution in [0.2, 0.25) is 0 Å². The standard InChI is InChI=1S/C16H25N3OS/c1-13-15(16(20)19-10-4-2-3-5-11-19)21-14(17-13)12-18-8-6-7-9-18/h2-12H2,1H3. The predicted octanol–water partition coefficient (Wildman–Crippen LogP) is 3.06. The van der Waals surface area contributed by atoms with Crippen LogP contribution < -0.4 is 0 Å². The van der Waals surface area contributed by atoms with Crippen molar-refractivity contribution in [3.63, 3.8) is 0 Å². The molecule has 0 bridgehead atoms. The van der Waals surface area contributed by atoms with Gasteiger partial charge in [0.25, 0.3) is 5.91 Å². The Balaban J connectivity index is 1.68. The van der Waals surface area contributed by atoms with Crippen molar-refractivity contribution in [2.24, 2.45) is 0 Å². The molecule has 0 aliphatic carbocycles. The number of likely N-dealkylation sites (tertiary alicyclic amines) is 2. The highest BCUT2D eigenvalue weighted by Crippen LogP contribution is 2.24. The number of carbonyl (C=O) groups is 1. The third-order valence-corrected chi connectivity index (χ3v) is 5.62. The SMILES string of the molecule is Cc1nc(CN2CCCC2)sc1C(=O)N1CCCCCC1. The van der Waals surface area contributed by atoms with Crippen molar-refractivity contribution >= 4 is 17.2 Å². The summed E-state index contributed by atoms with van der Waals surface area (Å²) in [5.41, 5.74) is 0.920. The van der Waals surface area contributed by atoms with E-state index in [4.69, 9.17) is 0 Å². The lowest BCUT2D eigenvalue weighted by molar-refractivity contribution is 0.0765. The number of hydrogen-bond donors (Lipinski definition) is 0. The molecule has 1 aromatic rings. The van der Waals surface area contributed by atoms with Crippen LogP contribution in [-0.2, 0) is 6.54 Å². The average molecular weight is 307 g/mol. The zero-order valence-corrected chi connectivity index (χ0v) is 13.8. The first-order chi connectivity index (χ1) is 10.2. The van der Waals surface area contributed by atoms with E-state index in [1.807, 2.05) is 11.8 Å². The summed E-state index contributed by atoms with van der Waals surface area (Å²) < 4.78 is 0. The average Bonchev–Trinajstić information content (AvgIpc) is 3.00. The molecule has 0 unspecified atom stereocenters. The number of thiazole rings is 1. The Morgan fingerprint density at radius 2 is 1.67 bits per heavy atom. The highest BCUT2D eigenvalue weighted by Gasteiger charge is 2.23. The summed E-state index contributed by atoms with van der Waals surface area (Å²) >= 11 is 1.61. The van der Waals surface area contributed by atoms with Gasteiger partial charge in [0.15, 0.2) is 0 Å². The van der Waals surface area contributed by atoms with E-state index in [0.29, 0.717) is 0 Å². The van der Waals surface area contributed by atoms with E-state index in [1.165, 1.54) is 38.8 Å². The van der Waals surface area contributed by atoms with Crippen molar-refractivity contribution in [1.82, 2.24) is 14.8 Å². The van der Waals surface area contributed by atoms with Gasteiger partial charge in [-0.15, -0.1) is 11.3 Å². The second kappa shape index (κ2) is 6.88. The van der Waals surface area contributed by atoms with Gasteiger partial charge in [-0.25, -0.2) is 4.98 Å². The maximum absolute atomic E-state index is 12.7. The zero-order chi connectivity index (χ0) is 14.7. The molecule has 0 atom stereocenters.